The van der Waals surface area contributed by atoms with Crippen LogP contribution >= 0.6 is 11.3 Å². The van der Waals surface area contributed by atoms with E-state index in [1.54, 1.807) is 0 Å². The van der Waals surface area contributed by atoms with Crippen molar-refractivity contribution in [3.8, 4) is 5.75 Å². The lowest BCUT2D eigenvalue weighted by Gasteiger charge is -2.08. The molecule has 1 unspecified atom stereocenters. The van der Waals surface area contributed by atoms with Gasteiger partial charge in [-0.1, -0.05) is 18.2 Å². The lowest BCUT2D eigenvalue weighted by Crippen LogP contribution is -2.29. The van der Waals surface area contributed by atoms with E-state index >= 15 is 0 Å². The number of nitrogens with zero attached hydrogens (tertiary/aromatic N) is 1. The molecule has 3 rings (SSSR count). The Morgan fingerprint density at radius 3 is 3.00 bits per heavy atom. The average molecular weight is 304 g/mol. The molecule has 7 heteroatoms. The lowest BCUT2D eigenvalue weighted by atomic mass is 10.0. The highest BCUT2D eigenvalue weighted by Gasteiger charge is 2.29. The molecule has 1 aliphatic rings. The Kier molecular flexibility index (Phi) is 3.57. The molecule has 21 heavy (non-hydrogen) atoms. The number of fused-ring (bicyclic) bond motifs is 1. The molecule has 1 aromatic heterocycles. The highest BCUT2D eigenvalue weighted by molar-refractivity contribution is 7.09. The Morgan fingerprint density at radius 1 is 1.43 bits per heavy atom. The molecule has 0 aliphatic carbocycles. The fourth-order valence-electron chi connectivity index (χ4n) is 2.16. The smallest absolute Gasteiger partial charge is 0.355 e. The van der Waals surface area contributed by atoms with Crippen LogP contribution < -0.4 is 10.1 Å². The first-order valence-corrected chi connectivity index (χ1v) is 7.20. The zero-order valence-corrected chi connectivity index (χ0v) is 11.7. The Labute approximate surface area is 124 Å². The van der Waals surface area contributed by atoms with Crippen LogP contribution in [0.3, 0.4) is 0 Å². The number of rotatable bonds is 4. The van der Waals surface area contributed by atoms with Crippen molar-refractivity contribution in [3.05, 3.63) is 45.9 Å². The molecule has 2 N–H and O–H groups in total. The SMILES string of the molecule is O=C(O)c1csc(CNC(=O)C2COc3ccccc32)n1. The summed E-state index contributed by atoms with van der Waals surface area (Å²) in [6.45, 7) is 0.541. The van der Waals surface area contributed by atoms with Crippen LogP contribution in [-0.2, 0) is 11.3 Å². The van der Waals surface area contributed by atoms with Gasteiger partial charge < -0.3 is 15.2 Å². The third-order valence-electron chi connectivity index (χ3n) is 3.20. The second-order valence-electron chi connectivity index (χ2n) is 4.55. The molecule has 0 fully saturated rings. The number of hydrogen-bond acceptors (Lipinski definition) is 5. The minimum absolute atomic E-state index is 0.00112. The number of thiazole rings is 1. The van der Waals surface area contributed by atoms with E-state index in [0.717, 1.165) is 11.3 Å². The number of hydrogen-bond donors (Lipinski definition) is 2. The summed E-state index contributed by atoms with van der Waals surface area (Å²) in [5, 5.41) is 13.6. The fourth-order valence-corrected chi connectivity index (χ4v) is 2.86. The first-order chi connectivity index (χ1) is 10.1. The molecule has 0 saturated carbocycles. The lowest BCUT2D eigenvalue weighted by molar-refractivity contribution is -0.122. The summed E-state index contributed by atoms with van der Waals surface area (Å²) in [5.74, 6) is -0.811. The van der Waals surface area contributed by atoms with E-state index in [0.29, 0.717) is 11.6 Å². The fraction of sp³-hybridized carbons (Fsp3) is 0.214. The van der Waals surface area contributed by atoms with Gasteiger partial charge in [-0.2, -0.15) is 0 Å². The van der Waals surface area contributed by atoms with Gasteiger partial charge in [0.1, 0.15) is 23.3 Å². The van der Waals surface area contributed by atoms with Crippen molar-refractivity contribution < 1.29 is 19.4 Å². The van der Waals surface area contributed by atoms with Crippen molar-refractivity contribution in [2.45, 2.75) is 12.5 Å². The number of carbonyl (C=O) groups excluding carboxylic acids is 1. The van der Waals surface area contributed by atoms with Gasteiger partial charge in [0.15, 0.2) is 5.69 Å². The predicted molar refractivity (Wildman–Crippen MR) is 75.6 cm³/mol. The van der Waals surface area contributed by atoms with E-state index in [1.165, 1.54) is 16.7 Å². The Hall–Kier alpha value is -2.41. The van der Waals surface area contributed by atoms with Gasteiger partial charge in [0.2, 0.25) is 5.91 Å². The van der Waals surface area contributed by atoms with Gasteiger partial charge in [0.05, 0.1) is 6.54 Å². The average Bonchev–Trinajstić information content (AvgIpc) is 3.11. The van der Waals surface area contributed by atoms with Crippen LogP contribution in [0.5, 0.6) is 5.75 Å². The van der Waals surface area contributed by atoms with Gasteiger partial charge in [-0.15, -0.1) is 11.3 Å². The molecule has 108 valence electrons. The molecule has 6 nitrogen and oxygen atoms in total. The van der Waals surface area contributed by atoms with Crippen molar-refractivity contribution >= 4 is 23.2 Å². The molecule has 2 aromatic rings. The van der Waals surface area contributed by atoms with E-state index in [1.807, 2.05) is 24.3 Å². The maximum absolute atomic E-state index is 12.2. The van der Waals surface area contributed by atoms with E-state index in [9.17, 15) is 9.59 Å². The normalized spacial score (nSPS) is 16.1. The van der Waals surface area contributed by atoms with Crippen LogP contribution in [0.25, 0.3) is 0 Å². The summed E-state index contributed by atoms with van der Waals surface area (Å²) in [6, 6.07) is 7.44. The van der Waals surface area contributed by atoms with E-state index in [2.05, 4.69) is 10.3 Å². The Balaban J connectivity index is 1.63. The maximum atomic E-state index is 12.2. The number of ether oxygens (including phenoxy) is 1. The van der Waals surface area contributed by atoms with Crippen LogP contribution in [0.2, 0.25) is 0 Å². The van der Waals surface area contributed by atoms with Crippen LogP contribution in [0.15, 0.2) is 29.6 Å². The highest BCUT2D eigenvalue weighted by atomic mass is 32.1. The summed E-state index contributed by atoms with van der Waals surface area (Å²) >= 11 is 1.21. The van der Waals surface area contributed by atoms with Gasteiger partial charge in [0.25, 0.3) is 0 Å². The number of aromatic nitrogens is 1. The van der Waals surface area contributed by atoms with E-state index < -0.39 is 5.97 Å². The third kappa shape index (κ3) is 2.73. The molecule has 0 radical (unpaired) electrons. The quantitative estimate of drug-likeness (QED) is 0.896. The predicted octanol–water partition coefficient (Wildman–Crippen LogP) is 1.63. The zero-order valence-electron chi connectivity index (χ0n) is 10.9. The molecule has 1 aromatic carbocycles. The van der Waals surface area contributed by atoms with Crippen LogP contribution in [0, 0.1) is 0 Å². The van der Waals surface area contributed by atoms with Crippen molar-refractivity contribution in [1.29, 1.82) is 0 Å². The molecule has 2 heterocycles. The van der Waals surface area contributed by atoms with Crippen LogP contribution in [-0.4, -0.2) is 28.6 Å². The number of amides is 1. The standard InChI is InChI=1S/C14H12N2O4S/c17-13(9-6-20-11-4-2-1-3-8(9)11)15-5-12-16-10(7-21-12)14(18)19/h1-4,7,9H,5-6H2,(H,15,17)(H,18,19). The van der Waals surface area contributed by atoms with Crippen molar-refractivity contribution in [3.63, 3.8) is 0 Å². The first kappa shape index (κ1) is 13.6. The van der Waals surface area contributed by atoms with E-state index in [4.69, 9.17) is 9.84 Å². The van der Waals surface area contributed by atoms with Crippen LogP contribution in [0.1, 0.15) is 27.0 Å². The van der Waals surface area contributed by atoms with Gasteiger partial charge in [-0.3, -0.25) is 4.79 Å². The number of nitrogens with one attached hydrogen (secondary N) is 1. The zero-order chi connectivity index (χ0) is 14.8. The first-order valence-electron chi connectivity index (χ1n) is 6.32. The molecular formula is C14H12N2O4S. The second kappa shape index (κ2) is 5.53. The molecule has 0 spiro atoms. The summed E-state index contributed by atoms with van der Waals surface area (Å²) in [5.41, 5.74) is 0.874. The topological polar surface area (TPSA) is 88.5 Å². The van der Waals surface area contributed by atoms with Gasteiger partial charge in [0, 0.05) is 10.9 Å². The minimum Gasteiger partial charge on any atom is -0.492 e. The molecular weight excluding hydrogens is 292 g/mol. The number of benzene rings is 1. The Bertz CT molecular complexity index is 698. The largest absolute Gasteiger partial charge is 0.492 e. The second-order valence-corrected chi connectivity index (χ2v) is 5.49. The Morgan fingerprint density at radius 2 is 2.24 bits per heavy atom. The molecule has 1 aliphatic heterocycles. The van der Waals surface area contributed by atoms with Gasteiger partial charge in [-0.05, 0) is 6.07 Å². The monoisotopic (exact) mass is 304 g/mol. The molecule has 0 saturated heterocycles. The number of aromatic carboxylic acids is 1. The number of carboxylic acids is 1. The van der Waals surface area contributed by atoms with Crippen molar-refractivity contribution in [2.24, 2.45) is 0 Å². The summed E-state index contributed by atoms with van der Waals surface area (Å²) in [6.07, 6.45) is 0. The van der Waals surface area contributed by atoms with E-state index in [-0.39, 0.29) is 24.1 Å². The number of carbonyl (C=O) groups is 2. The summed E-state index contributed by atoms with van der Waals surface area (Å²) < 4.78 is 5.47. The minimum atomic E-state index is -1.07. The maximum Gasteiger partial charge on any atom is 0.355 e. The van der Waals surface area contributed by atoms with Crippen molar-refractivity contribution in [2.75, 3.05) is 6.61 Å². The van der Waals surface area contributed by atoms with Crippen LogP contribution in [0.4, 0.5) is 0 Å². The third-order valence-corrected chi connectivity index (χ3v) is 4.05. The molecule has 1 atom stereocenters. The number of para-hydroxylation sites is 1. The van der Waals surface area contributed by atoms with Gasteiger partial charge >= 0.3 is 5.97 Å². The molecule has 1 amide bonds. The summed E-state index contributed by atoms with van der Waals surface area (Å²) in [7, 11) is 0. The molecule has 0 bridgehead atoms. The highest BCUT2D eigenvalue weighted by Crippen LogP contribution is 2.33. The van der Waals surface area contributed by atoms with Crippen molar-refractivity contribution in [1.82, 2.24) is 10.3 Å². The number of carboxylic acid groups (broad SMARTS) is 1. The van der Waals surface area contributed by atoms with Gasteiger partial charge in [-0.25, -0.2) is 9.78 Å². The summed E-state index contributed by atoms with van der Waals surface area (Å²) in [4.78, 5) is 26.9.